The first-order valence-corrected chi connectivity index (χ1v) is 12.0. The number of rotatable bonds is 7. The van der Waals surface area contributed by atoms with Crippen LogP contribution < -0.4 is 0 Å². The van der Waals surface area contributed by atoms with Crippen molar-refractivity contribution in [3.8, 4) is 0 Å². The predicted octanol–water partition coefficient (Wildman–Crippen LogP) is 5.12. The topological polar surface area (TPSA) is 23.6 Å². The van der Waals surface area contributed by atoms with Gasteiger partial charge >= 0.3 is 0 Å². The number of likely N-dealkylation sites (N-methyl/N-ethyl adjacent to an activating group) is 2. The number of benzene rings is 2. The molecule has 0 N–H and O–H groups in total. The Hall–Kier alpha value is -2.13. The lowest BCUT2D eigenvalue weighted by Gasteiger charge is -2.62. The van der Waals surface area contributed by atoms with Crippen molar-refractivity contribution in [2.24, 2.45) is 17.3 Å². The van der Waals surface area contributed by atoms with E-state index in [1.54, 1.807) is 0 Å². The fourth-order valence-corrected chi connectivity index (χ4v) is 7.44. The predicted molar refractivity (Wildman–Crippen MR) is 126 cm³/mol. The van der Waals surface area contributed by atoms with Crippen molar-refractivity contribution in [3.63, 3.8) is 0 Å². The summed E-state index contributed by atoms with van der Waals surface area (Å²) in [5.74, 6) is 1.86. The average molecular weight is 417 g/mol. The summed E-state index contributed by atoms with van der Waals surface area (Å²) in [6.07, 6.45) is 7.19. The van der Waals surface area contributed by atoms with Crippen molar-refractivity contribution in [2.45, 2.75) is 50.5 Å². The Morgan fingerprint density at radius 3 is 2.13 bits per heavy atom. The minimum Gasteiger partial charge on any atom is -0.344 e. The summed E-state index contributed by atoms with van der Waals surface area (Å²) >= 11 is 0. The maximum Gasteiger partial charge on any atom is 0.228 e. The van der Waals surface area contributed by atoms with E-state index in [1.165, 1.54) is 30.4 Å². The van der Waals surface area contributed by atoms with E-state index >= 15 is 0 Å². The molecule has 3 nitrogen and oxygen atoms in total. The molecular formula is C28H36N2O. The Labute approximate surface area is 187 Å². The highest BCUT2D eigenvalue weighted by Gasteiger charge is 2.61. The summed E-state index contributed by atoms with van der Waals surface area (Å²) in [5, 5.41) is 0. The summed E-state index contributed by atoms with van der Waals surface area (Å²) in [6, 6.07) is 21.7. The van der Waals surface area contributed by atoms with Crippen LogP contribution in [-0.4, -0.2) is 42.9 Å². The second-order valence-corrected chi connectivity index (χ2v) is 10.8. The standard InChI is InChI=1S/C28H36N2O/c1-29(20-22-9-5-3-6-10-22)13-14-30(2)26(31)28-18-23-15-24(19-28)17-27(16-23,21-28)25-11-7-4-8-12-25/h3-12,23-24H,13-21H2,1-2H3. The molecule has 1 amide bonds. The summed E-state index contributed by atoms with van der Waals surface area (Å²) in [7, 11) is 4.19. The zero-order valence-electron chi connectivity index (χ0n) is 19.1. The van der Waals surface area contributed by atoms with Crippen LogP contribution >= 0.6 is 0 Å². The zero-order valence-corrected chi connectivity index (χ0v) is 19.1. The lowest BCUT2D eigenvalue weighted by Crippen LogP contribution is -2.59. The van der Waals surface area contributed by atoms with Gasteiger partial charge in [0.15, 0.2) is 0 Å². The van der Waals surface area contributed by atoms with Crippen LogP contribution in [0.5, 0.6) is 0 Å². The van der Waals surface area contributed by atoms with E-state index in [9.17, 15) is 4.79 Å². The first-order chi connectivity index (χ1) is 15.0. The van der Waals surface area contributed by atoms with Crippen molar-refractivity contribution in [1.29, 1.82) is 0 Å². The van der Waals surface area contributed by atoms with E-state index in [2.05, 4.69) is 72.6 Å². The number of amides is 1. The molecule has 2 aromatic carbocycles. The molecule has 2 atom stereocenters. The quantitative estimate of drug-likeness (QED) is 0.626. The Kier molecular flexibility index (Phi) is 5.42. The van der Waals surface area contributed by atoms with Gasteiger partial charge in [0.2, 0.25) is 5.91 Å². The summed E-state index contributed by atoms with van der Waals surface area (Å²) in [6.45, 7) is 2.64. The second-order valence-electron chi connectivity index (χ2n) is 10.8. The maximum absolute atomic E-state index is 13.8. The summed E-state index contributed by atoms with van der Waals surface area (Å²) in [4.78, 5) is 18.2. The smallest absolute Gasteiger partial charge is 0.228 e. The monoisotopic (exact) mass is 416 g/mol. The second kappa shape index (κ2) is 8.09. The summed E-state index contributed by atoms with van der Waals surface area (Å²) in [5.41, 5.74) is 2.90. The van der Waals surface area contributed by atoms with Gasteiger partial charge in [-0.3, -0.25) is 4.79 Å². The van der Waals surface area contributed by atoms with E-state index in [1.807, 2.05) is 11.9 Å². The molecule has 0 aromatic heterocycles. The minimum atomic E-state index is -0.132. The molecule has 0 heterocycles. The molecule has 31 heavy (non-hydrogen) atoms. The number of nitrogens with zero attached hydrogens (tertiary/aromatic N) is 2. The molecule has 4 bridgehead atoms. The van der Waals surface area contributed by atoms with E-state index in [0.717, 1.165) is 50.7 Å². The number of hydrogen-bond donors (Lipinski definition) is 0. The molecule has 0 radical (unpaired) electrons. The van der Waals surface area contributed by atoms with Crippen molar-refractivity contribution in [3.05, 3.63) is 71.8 Å². The van der Waals surface area contributed by atoms with E-state index < -0.39 is 0 Å². The lowest BCUT2D eigenvalue weighted by molar-refractivity contribution is -0.159. The molecule has 0 saturated heterocycles. The van der Waals surface area contributed by atoms with Crippen LogP contribution in [0.25, 0.3) is 0 Å². The third kappa shape index (κ3) is 3.93. The molecule has 4 saturated carbocycles. The third-order valence-corrected chi connectivity index (χ3v) is 8.36. The van der Waals surface area contributed by atoms with Crippen molar-refractivity contribution in [2.75, 3.05) is 27.2 Å². The van der Waals surface area contributed by atoms with Gasteiger partial charge in [-0.25, -0.2) is 0 Å². The first-order valence-electron chi connectivity index (χ1n) is 12.0. The van der Waals surface area contributed by atoms with Crippen LogP contribution in [0.15, 0.2) is 60.7 Å². The van der Waals surface area contributed by atoms with E-state index in [4.69, 9.17) is 0 Å². The zero-order chi connectivity index (χ0) is 21.5. The highest BCUT2D eigenvalue weighted by atomic mass is 16.2. The van der Waals surface area contributed by atoms with Gasteiger partial charge in [0.05, 0.1) is 5.41 Å². The first kappa shape index (κ1) is 20.8. The van der Waals surface area contributed by atoms with Crippen LogP contribution in [0, 0.1) is 17.3 Å². The van der Waals surface area contributed by atoms with Crippen LogP contribution in [0.2, 0.25) is 0 Å². The van der Waals surface area contributed by atoms with E-state index in [0.29, 0.717) is 5.91 Å². The molecule has 6 rings (SSSR count). The number of carbonyl (C=O) groups excluding carboxylic acids is 1. The molecule has 0 spiro atoms. The largest absolute Gasteiger partial charge is 0.344 e. The fraction of sp³-hybridized carbons (Fsp3) is 0.536. The van der Waals surface area contributed by atoms with Gasteiger partial charge in [-0.1, -0.05) is 60.7 Å². The van der Waals surface area contributed by atoms with E-state index in [-0.39, 0.29) is 10.8 Å². The van der Waals surface area contributed by atoms with Crippen molar-refractivity contribution >= 4 is 5.91 Å². The summed E-state index contributed by atoms with van der Waals surface area (Å²) < 4.78 is 0. The molecule has 2 aromatic rings. The van der Waals surface area contributed by atoms with Gasteiger partial charge in [0.1, 0.15) is 0 Å². The molecule has 3 heteroatoms. The highest BCUT2D eigenvalue weighted by Crippen LogP contribution is 2.66. The SMILES string of the molecule is CN(CCN(C)C(=O)C12CC3CC(C1)CC(c1ccccc1)(C3)C2)Cc1ccccc1. The fourth-order valence-electron chi connectivity index (χ4n) is 7.44. The number of hydrogen-bond acceptors (Lipinski definition) is 2. The molecule has 4 aliphatic rings. The molecule has 4 fully saturated rings. The normalized spacial score (nSPS) is 31.2. The molecule has 164 valence electrons. The minimum absolute atomic E-state index is 0.132. The Morgan fingerprint density at radius 2 is 1.48 bits per heavy atom. The van der Waals surface area contributed by atoms with Crippen LogP contribution in [0.3, 0.4) is 0 Å². The number of carbonyl (C=O) groups is 1. The van der Waals surface area contributed by atoms with Crippen LogP contribution in [-0.2, 0) is 16.8 Å². The Morgan fingerprint density at radius 1 is 0.871 bits per heavy atom. The molecule has 4 aliphatic carbocycles. The highest BCUT2D eigenvalue weighted by molar-refractivity contribution is 5.83. The third-order valence-electron chi connectivity index (χ3n) is 8.36. The lowest BCUT2D eigenvalue weighted by atomic mass is 9.42. The molecular weight excluding hydrogens is 380 g/mol. The Bertz CT molecular complexity index is 895. The van der Waals surface area contributed by atoms with Crippen LogP contribution in [0.1, 0.15) is 49.7 Å². The van der Waals surface area contributed by atoms with Gasteiger partial charge in [-0.2, -0.15) is 0 Å². The molecule has 2 unspecified atom stereocenters. The van der Waals surface area contributed by atoms with Crippen molar-refractivity contribution in [1.82, 2.24) is 9.80 Å². The molecule has 0 aliphatic heterocycles. The van der Waals surface area contributed by atoms with Crippen LogP contribution in [0.4, 0.5) is 0 Å². The van der Waals surface area contributed by atoms with Crippen molar-refractivity contribution < 1.29 is 4.79 Å². The Balaban J connectivity index is 1.27. The van der Waals surface area contributed by atoms with Gasteiger partial charge in [-0.15, -0.1) is 0 Å². The average Bonchev–Trinajstić information content (AvgIpc) is 2.77. The maximum atomic E-state index is 13.8. The van der Waals surface area contributed by atoms with Gasteiger partial charge in [-0.05, 0) is 74.0 Å². The van der Waals surface area contributed by atoms with Gasteiger partial charge in [0, 0.05) is 26.7 Å². The van der Waals surface area contributed by atoms with Gasteiger partial charge in [0.25, 0.3) is 0 Å². The van der Waals surface area contributed by atoms with Gasteiger partial charge < -0.3 is 9.80 Å².